The fraction of sp³-hybridized carbons (Fsp3) is 0.250. The molecule has 2 aliphatic heterocycles. The molecule has 0 saturated heterocycles. The van der Waals surface area contributed by atoms with E-state index in [0.29, 0.717) is 31.4 Å². The zero-order chi connectivity index (χ0) is 24.2. The van der Waals surface area contributed by atoms with Crippen molar-refractivity contribution in [3.05, 3.63) is 79.5 Å². The first-order valence-electron chi connectivity index (χ1n) is 10.3. The van der Waals surface area contributed by atoms with Gasteiger partial charge in [-0.05, 0) is 38.1 Å². The van der Waals surface area contributed by atoms with Crippen LogP contribution in [0.4, 0.5) is 0 Å². The van der Waals surface area contributed by atoms with Gasteiger partial charge >= 0.3 is 11.9 Å². The highest BCUT2D eigenvalue weighted by Crippen LogP contribution is 2.43. The number of hydrogen-bond acceptors (Lipinski definition) is 8. The van der Waals surface area contributed by atoms with Crippen molar-refractivity contribution in [2.24, 2.45) is 0 Å². The fourth-order valence-corrected chi connectivity index (χ4v) is 7.69. The van der Waals surface area contributed by atoms with Gasteiger partial charge in [0.15, 0.2) is 10.9 Å². The van der Waals surface area contributed by atoms with Gasteiger partial charge in [0.2, 0.25) is 0 Å². The average molecular weight is 572 g/mol. The summed E-state index contributed by atoms with van der Waals surface area (Å²) in [6, 6.07) is 15.8. The lowest BCUT2D eigenvalue weighted by atomic mass is 10.2. The van der Waals surface area contributed by atoms with Crippen LogP contribution in [-0.4, -0.2) is 34.3 Å². The maximum atomic E-state index is 12.3. The molecule has 0 bridgehead atoms. The van der Waals surface area contributed by atoms with Gasteiger partial charge in [-0.3, -0.25) is 0 Å². The summed E-state index contributed by atoms with van der Waals surface area (Å²) in [4.78, 5) is 27.3. The smallest absolute Gasteiger partial charge is 0.347 e. The zero-order valence-corrected chi connectivity index (χ0v) is 23.0. The highest BCUT2D eigenvalue weighted by atomic mass is 35.5. The second-order valence-electron chi connectivity index (χ2n) is 7.40. The molecule has 0 amide bonds. The number of carbonyl (C=O) groups is 2. The van der Waals surface area contributed by atoms with E-state index in [-0.39, 0.29) is 0 Å². The molecule has 0 spiro atoms. The number of benzene rings is 2. The number of hydrogen-bond donors (Lipinski definition) is 0. The summed E-state index contributed by atoms with van der Waals surface area (Å²) in [7, 11) is 0. The van der Waals surface area contributed by atoms with Crippen LogP contribution in [0, 0.1) is 13.8 Å². The summed E-state index contributed by atoms with van der Waals surface area (Å²) in [6.45, 7) is 4.02. The molecular formula is C24H20Cl2O4S4. The average Bonchev–Trinajstić information content (AvgIpc) is 3.23. The molecule has 178 valence electrons. The number of aryl methyl sites for hydroxylation is 2. The molecule has 2 aliphatic rings. The SMILES string of the molecule is Cc1ccc(SC2=C(Cl)C(SCCSC3OC(=O)C(Sc4ccc(C)cc4)=C3Cl)OC2=O)cc1. The minimum absolute atomic E-state index is 0.408. The lowest BCUT2D eigenvalue weighted by molar-refractivity contribution is -0.137. The second kappa shape index (κ2) is 11.7. The van der Waals surface area contributed by atoms with Gasteiger partial charge < -0.3 is 9.47 Å². The van der Waals surface area contributed by atoms with Crippen molar-refractivity contribution in [3.8, 4) is 0 Å². The van der Waals surface area contributed by atoms with E-state index in [1.165, 1.54) is 47.0 Å². The third kappa shape index (κ3) is 6.33. The summed E-state index contributed by atoms with van der Waals surface area (Å²) in [6.07, 6.45) is 0. The third-order valence-electron chi connectivity index (χ3n) is 4.75. The van der Waals surface area contributed by atoms with Gasteiger partial charge in [0, 0.05) is 21.3 Å². The number of thioether (sulfide) groups is 4. The van der Waals surface area contributed by atoms with Crippen LogP contribution >= 0.6 is 70.2 Å². The topological polar surface area (TPSA) is 52.6 Å². The van der Waals surface area contributed by atoms with E-state index in [4.69, 9.17) is 32.7 Å². The number of halogens is 2. The Morgan fingerprint density at radius 1 is 0.676 bits per heavy atom. The Hall–Kier alpha value is -1.16. The summed E-state index contributed by atoms with van der Waals surface area (Å²) < 4.78 is 10.9. The van der Waals surface area contributed by atoms with Crippen LogP contribution in [-0.2, 0) is 19.1 Å². The van der Waals surface area contributed by atoms with Crippen molar-refractivity contribution in [2.75, 3.05) is 11.5 Å². The second-order valence-corrected chi connectivity index (χ2v) is 12.7. The van der Waals surface area contributed by atoms with Crippen molar-refractivity contribution < 1.29 is 19.1 Å². The van der Waals surface area contributed by atoms with Crippen LogP contribution in [0.15, 0.2) is 78.2 Å². The minimum atomic E-state index is -0.535. The predicted octanol–water partition coefficient (Wildman–Crippen LogP) is 7.32. The largest absolute Gasteiger partial charge is 0.441 e. The molecule has 4 rings (SSSR count). The molecule has 2 unspecified atom stereocenters. The highest BCUT2D eigenvalue weighted by Gasteiger charge is 2.36. The maximum Gasteiger partial charge on any atom is 0.347 e. The summed E-state index contributed by atoms with van der Waals surface area (Å²) >= 11 is 18.4. The summed E-state index contributed by atoms with van der Waals surface area (Å²) in [5.41, 5.74) is 1.22. The predicted molar refractivity (Wildman–Crippen MR) is 145 cm³/mol. The quantitative estimate of drug-likeness (QED) is 0.229. The Morgan fingerprint density at radius 2 is 1.03 bits per heavy atom. The van der Waals surface area contributed by atoms with Crippen molar-refractivity contribution in [1.29, 1.82) is 0 Å². The van der Waals surface area contributed by atoms with Crippen LogP contribution < -0.4 is 0 Å². The van der Waals surface area contributed by atoms with E-state index < -0.39 is 22.8 Å². The van der Waals surface area contributed by atoms with Gasteiger partial charge in [0.1, 0.15) is 9.81 Å². The molecule has 0 radical (unpaired) electrons. The number of ether oxygens (including phenoxy) is 2. The molecule has 2 atom stereocenters. The molecular weight excluding hydrogens is 551 g/mol. The van der Waals surface area contributed by atoms with E-state index in [1.807, 2.05) is 62.4 Å². The van der Waals surface area contributed by atoms with E-state index in [0.717, 1.165) is 20.9 Å². The van der Waals surface area contributed by atoms with Gasteiger partial charge in [-0.1, -0.05) is 82.1 Å². The van der Waals surface area contributed by atoms with Crippen LogP contribution in [0.1, 0.15) is 11.1 Å². The van der Waals surface area contributed by atoms with Crippen molar-refractivity contribution in [1.82, 2.24) is 0 Å². The molecule has 34 heavy (non-hydrogen) atoms. The zero-order valence-electron chi connectivity index (χ0n) is 18.2. The Labute approximate surface area is 225 Å². The number of rotatable bonds is 9. The molecule has 10 heteroatoms. The molecule has 2 heterocycles. The third-order valence-corrected chi connectivity index (χ3v) is 10.6. The lowest BCUT2D eigenvalue weighted by Crippen LogP contribution is -2.09. The highest BCUT2D eigenvalue weighted by molar-refractivity contribution is 8.05. The fourth-order valence-electron chi connectivity index (χ4n) is 2.97. The normalized spacial score (nSPS) is 20.2. The van der Waals surface area contributed by atoms with Crippen LogP contribution in [0.25, 0.3) is 0 Å². The maximum absolute atomic E-state index is 12.3. The Morgan fingerprint density at radius 3 is 1.38 bits per heavy atom. The van der Waals surface area contributed by atoms with E-state index >= 15 is 0 Å². The Kier molecular flexibility index (Phi) is 8.93. The van der Waals surface area contributed by atoms with Crippen molar-refractivity contribution >= 4 is 82.2 Å². The van der Waals surface area contributed by atoms with Gasteiger partial charge in [-0.25, -0.2) is 9.59 Å². The Bertz CT molecular complexity index is 1060. The first-order chi connectivity index (χ1) is 16.3. The molecule has 4 nitrogen and oxygen atoms in total. The lowest BCUT2D eigenvalue weighted by Gasteiger charge is -2.12. The first-order valence-corrected chi connectivity index (χ1v) is 14.7. The van der Waals surface area contributed by atoms with Crippen LogP contribution in [0.5, 0.6) is 0 Å². The molecule has 2 aromatic carbocycles. The van der Waals surface area contributed by atoms with Gasteiger partial charge in [0.05, 0.1) is 10.1 Å². The Balaban J connectivity index is 1.28. The van der Waals surface area contributed by atoms with Crippen molar-refractivity contribution in [3.63, 3.8) is 0 Å². The van der Waals surface area contributed by atoms with Gasteiger partial charge in [-0.15, -0.1) is 23.5 Å². The number of cyclic esters (lactones) is 2. The van der Waals surface area contributed by atoms with E-state index in [9.17, 15) is 9.59 Å². The van der Waals surface area contributed by atoms with Crippen LogP contribution in [0.3, 0.4) is 0 Å². The molecule has 0 N–H and O–H groups in total. The summed E-state index contributed by atoms with van der Waals surface area (Å²) in [5, 5.41) is 0.820. The van der Waals surface area contributed by atoms with Gasteiger partial charge in [-0.2, -0.15) is 0 Å². The number of carbonyl (C=O) groups excluding carboxylic acids is 2. The molecule has 0 aromatic heterocycles. The van der Waals surface area contributed by atoms with Crippen molar-refractivity contribution in [2.45, 2.75) is 34.5 Å². The first kappa shape index (κ1) is 25.9. The minimum Gasteiger partial charge on any atom is -0.441 e. The van der Waals surface area contributed by atoms with Crippen LogP contribution in [0.2, 0.25) is 0 Å². The molecule has 2 aromatic rings. The standard InChI is InChI=1S/C24H20Cl2O4S4/c1-13-3-7-15(8-4-13)33-19-17(25)23(29-21(19)27)31-11-12-32-24-18(26)20(22(28)30-24)34-16-9-5-14(2)6-10-16/h3-10,23-24H,11-12H2,1-2H3. The summed E-state index contributed by atoms with van der Waals surface area (Å²) in [5.74, 6) is 0.461. The number of esters is 2. The van der Waals surface area contributed by atoms with E-state index in [2.05, 4.69) is 0 Å². The molecule has 0 aliphatic carbocycles. The van der Waals surface area contributed by atoms with Gasteiger partial charge in [0.25, 0.3) is 0 Å². The monoisotopic (exact) mass is 570 g/mol. The van der Waals surface area contributed by atoms with E-state index in [1.54, 1.807) is 0 Å². The molecule has 0 fully saturated rings. The molecule has 0 saturated carbocycles.